The molecular weight excluding hydrogens is 402 g/mol. The maximum atomic E-state index is 12.9. The van der Waals surface area contributed by atoms with Crippen molar-refractivity contribution in [3.63, 3.8) is 0 Å². The van der Waals surface area contributed by atoms with Gasteiger partial charge in [-0.05, 0) is 92.1 Å². The van der Waals surface area contributed by atoms with Gasteiger partial charge in [-0.3, -0.25) is 9.69 Å². The molecule has 2 aliphatic heterocycles. The summed E-state index contributed by atoms with van der Waals surface area (Å²) in [4.78, 5) is 22.4. The Morgan fingerprint density at radius 2 is 1.86 bits per heavy atom. The molecule has 0 unspecified atom stereocenters. The van der Waals surface area contributed by atoms with E-state index in [0.717, 1.165) is 24.3 Å². The van der Waals surface area contributed by atoms with Crippen LogP contribution in [0.1, 0.15) is 30.9 Å². The van der Waals surface area contributed by atoms with Crippen molar-refractivity contribution in [3.05, 3.63) is 63.5 Å². The molecule has 150 valence electrons. The molecule has 0 N–H and O–H groups in total. The van der Waals surface area contributed by atoms with Crippen LogP contribution in [0, 0.1) is 6.92 Å². The molecule has 0 radical (unpaired) electrons. The number of carbonyl (C=O) groups is 1. The van der Waals surface area contributed by atoms with Gasteiger partial charge in [-0.2, -0.15) is 0 Å². The van der Waals surface area contributed by atoms with Crippen LogP contribution in [0.25, 0.3) is 6.08 Å². The lowest BCUT2D eigenvalue weighted by Gasteiger charge is -2.18. The van der Waals surface area contributed by atoms with Crippen LogP contribution in [0.4, 0.5) is 11.4 Å². The number of hydrogen-bond donors (Lipinski definition) is 0. The molecule has 0 bridgehead atoms. The molecule has 2 fully saturated rings. The molecule has 0 atom stereocenters. The van der Waals surface area contributed by atoms with Crippen LogP contribution >= 0.6 is 23.4 Å². The summed E-state index contributed by atoms with van der Waals surface area (Å²) in [5.41, 5.74) is 4.32. The summed E-state index contributed by atoms with van der Waals surface area (Å²) in [5.74, 6) is 0.00762. The van der Waals surface area contributed by atoms with E-state index in [1.807, 2.05) is 25.1 Å². The monoisotopic (exact) mass is 425 g/mol. The third-order valence-electron chi connectivity index (χ3n) is 5.27. The summed E-state index contributed by atoms with van der Waals surface area (Å²) >= 11 is 7.39. The predicted molar refractivity (Wildman–Crippen MR) is 124 cm³/mol. The van der Waals surface area contributed by atoms with Crippen LogP contribution in [0.2, 0.25) is 5.02 Å². The number of thioether (sulfide) groups is 1. The van der Waals surface area contributed by atoms with Gasteiger partial charge < -0.3 is 4.90 Å². The molecule has 6 heteroatoms. The topological polar surface area (TPSA) is 35.9 Å². The standard InChI is InChI=1S/C23H24ClN3OS/c1-3-27-22(28)21(29-23(27)25-19-9-7-18(24)8-10-19)15-17-6-11-20(14-16(17)2)26-12-4-5-13-26/h6-11,14-15H,3-5,12-13H2,1-2H3/b21-15-,25-23?. The maximum Gasteiger partial charge on any atom is 0.266 e. The van der Waals surface area contributed by atoms with Crippen LogP contribution in [-0.4, -0.2) is 35.6 Å². The Morgan fingerprint density at radius 3 is 2.52 bits per heavy atom. The maximum absolute atomic E-state index is 12.9. The molecule has 2 saturated heterocycles. The highest BCUT2D eigenvalue weighted by atomic mass is 35.5. The third kappa shape index (κ3) is 4.36. The van der Waals surface area contributed by atoms with Gasteiger partial charge in [-0.1, -0.05) is 17.7 Å². The number of anilines is 1. The van der Waals surface area contributed by atoms with Crippen molar-refractivity contribution in [2.45, 2.75) is 26.7 Å². The number of halogens is 1. The molecule has 4 nitrogen and oxygen atoms in total. The molecule has 0 saturated carbocycles. The highest BCUT2D eigenvalue weighted by Gasteiger charge is 2.32. The van der Waals surface area contributed by atoms with Crippen LogP contribution in [0.15, 0.2) is 52.4 Å². The lowest BCUT2D eigenvalue weighted by Crippen LogP contribution is -2.28. The van der Waals surface area contributed by atoms with E-state index in [1.165, 1.54) is 35.9 Å². The summed E-state index contributed by atoms with van der Waals surface area (Å²) in [5, 5.41) is 1.38. The fraction of sp³-hybridized carbons (Fsp3) is 0.304. The number of aliphatic imine (C=N–C) groups is 1. The second-order valence-corrected chi connectivity index (χ2v) is 8.71. The first kappa shape index (κ1) is 20.0. The van der Waals surface area contributed by atoms with Crippen molar-refractivity contribution in [1.82, 2.24) is 4.90 Å². The summed E-state index contributed by atoms with van der Waals surface area (Å²) in [6, 6.07) is 13.8. The fourth-order valence-electron chi connectivity index (χ4n) is 3.63. The van der Waals surface area contributed by atoms with E-state index in [1.54, 1.807) is 17.0 Å². The van der Waals surface area contributed by atoms with Gasteiger partial charge in [0.05, 0.1) is 10.6 Å². The number of aryl methyl sites for hydroxylation is 1. The average Bonchev–Trinajstić information content (AvgIpc) is 3.34. The van der Waals surface area contributed by atoms with E-state index >= 15 is 0 Å². The van der Waals surface area contributed by atoms with Crippen molar-refractivity contribution >= 4 is 51.9 Å². The SMILES string of the molecule is CCN1C(=O)/C(=C/c2ccc(N3CCCC3)cc2C)SC1=Nc1ccc(Cl)cc1. The van der Waals surface area contributed by atoms with E-state index in [0.29, 0.717) is 21.6 Å². The van der Waals surface area contributed by atoms with E-state index in [9.17, 15) is 4.79 Å². The quantitative estimate of drug-likeness (QED) is 0.574. The summed E-state index contributed by atoms with van der Waals surface area (Å²) in [6.45, 7) is 6.92. The van der Waals surface area contributed by atoms with E-state index < -0.39 is 0 Å². The smallest absolute Gasteiger partial charge is 0.266 e. The van der Waals surface area contributed by atoms with Gasteiger partial charge >= 0.3 is 0 Å². The Bertz CT molecular complexity index is 978. The zero-order chi connectivity index (χ0) is 20.4. The number of hydrogen-bond acceptors (Lipinski definition) is 4. The van der Waals surface area contributed by atoms with Gasteiger partial charge in [0.1, 0.15) is 0 Å². The second kappa shape index (κ2) is 8.64. The fourth-order valence-corrected chi connectivity index (χ4v) is 4.81. The predicted octanol–water partition coefficient (Wildman–Crippen LogP) is 5.87. The molecule has 1 amide bonds. The minimum Gasteiger partial charge on any atom is -0.372 e. The Labute approximate surface area is 181 Å². The van der Waals surface area contributed by atoms with Crippen molar-refractivity contribution in [1.29, 1.82) is 0 Å². The molecule has 4 rings (SSSR count). The normalized spacial score (nSPS) is 19.8. The molecule has 2 heterocycles. The molecule has 29 heavy (non-hydrogen) atoms. The molecule has 0 spiro atoms. The van der Waals surface area contributed by atoms with Gasteiger partial charge in [0.2, 0.25) is 0 Å². The highest BCUT2D eigenvalue weighted by molar-refractivity contribution is 8.18. The van der Waals surface area contributed by atoms with Crippen molar-refractivity contribution in [2.24, 2.45) is 4.99 Å². The van der Waals surface area contributed by atoms with Crippen molar-refractivity contribution < 1.29 is 4.79 Å². The molecule has 2 aromatic rings. The molecule has 0 aromatic heterocycles. The summed E-state index contributed by atoms with van der Waals surface area (Å²) in [6.07, 6.45) is 4.51. The summed E-state index contributed by atoms with van der Waals surface area (Å²) < 4.78 is 0. The van der Waals surface area contributed by atoms with Gasteiger partial charge in [-0.25, -0.2) is 4.99 Å². The number of amidine groups is 1. The first-order chi connectivity index (χ1) is 14.0. The molecule has 2 aromatic carbocycles. The third-order valence-corrected chi connectivity index (χ3v) is 6.53. The first-order valence-electron chi connectivity index (χ1n) is 9.96. The van der Waals surface area contributed by atoms with E-state index in [-0.39, 0.29) is 5.91 Å². The average molecular weight is 426 g/mol. The highest BCUT2D eigenvalue weighted by Crippen LogP contribution is 2.35. The van der Waals surface area contributed by atoms with E-state index in [2.05, 4.69) is 35.0 Å². The van der Waals surface area contributed by atoms with Crippen LogP contribution < -0.4 is 4.90 Å². The lowest BCUT2D eigenvalue weighted by atomic mass is 10.1. The second-order valence-electron chi connectivity index (χ2n) is 7.27. The van der Waals surface area contributed by atoms with Crippen molar-refractivity contribution in [3.8, 4) is 0 Å². The molecule has 2 aliphatic rings. The number of rotatable bonds is 4. The van der Waals surface area contributed by atoms with Gasteiger partial charge in [-0.15, -0.1) is 0 Å². The van der Waals surface area contributed by atoms with Gasteiger partial charge in [0.15, 0.2) is 5.17 Å². The van der Waals surface area contributed by atoms with Crippen LogP contribution in [0.3, 0.4) is 0 Å². The van der Waals surface area contributed by atoms with Crippen molar-refractivity contribution in [2.75, 3.05) is 24.5 Å². The minimum atomic E-state index is 0.00762. The Hall–Kier alpha value is -2.24. The molecular formula is C23H24ClN3OS. The van der Waals surface area contributed by atoms with Crippen LogP contribution in [0.5, 0.6) is 0 Å². The first-order valence-corrected chi connectivity index (χ1v) is 11.2. The largest absolute Gasteiger partial charge is 0.372 e. The zero-order valence-electron chi connectivity index (χ0n) is 16.7. The number of carbonyl (C=O) groups excluding carboxylic acids is 1. The van der Waals surface area contributed by atoms with Gasteiger partial charge in [0, 0.05) is 30.3 Å². The Morgan fingerprint density at radius 1 is 1.14 bits per heavy atom. The van der Waals surface area contributed by atoms with Crippen LogP contribution in [-0.2, 0) is 4.79 Å². The Balaban J connectivity index is 1.60. The number of likely N-dealkylation sites (N-methyl/N-ethyl adjacent to an activating group) is 1. The van der Waals surface area contributed by atoms with Gasteiger partial charge in [0.25, 0.3) is 5.91 Å². The number of amides is 1. The van der Waals surface area contributed by atoms with E-state index in [4.69, 9.17) is 11.6 Å². The Kier molecular flexibility index (Phi) is 5.97. The lowest BCUT2D eigenvalue weighted by molar-refractivity contribution is -0.122. The molecule has 0 aliphatic carbocycles. The minimum absolute atomic E-state index is 0.00762. The number of benzene rings is 2. The summed E-state index contributed by atoms with van der Waals surface area (Å²) in [7, 11) is 0. The zero-order valence-corrected chi connectivity index (χ0v) is 18.3. The number of nitrogens with zero attached hydrogens (tertiary/aromatic N) is 3.